The molecular formula is C15H28N2O2S2. The number of thiophene rings is 1. The molecule has 1 atom stereocenters. The molecule has 0 aromatic carbocycles. The van der Waals surface area contributed by atoms with Crippen LogP contribution in [0.3, 0.4) is 0 Å². The molecule has 1 aromatic heterocycles. The molecule has 122 valence electrons. The van der Waals surface area contributed by atoms with Gasteiger partial charge in [0, 0.05) is 24.5 Å². The van der Waals surface area contributed by atoms with E-state index in [1.807, 2.05) is 26.2 Å². The Morgan fingerprint density at radius 2 is 2.00 bits per heavy atom. The number of nitrogens with one attached hydrogen (secondary N) is 1. The lowest BCUT2D eigenvalue weighted by molar-refractivity contribution is 0.361. The van der Waals surface area contributed by atoms with Gasteiger partial charge in [-0.1, -0.05) is 34.1 Å². The molecule has 0 spiro atoms. The Kier molecular flexibility index (Phi) is 7.33. The molecule has 0 aliphatic heterocycles. The van der Waals surface area contributed by atoms with E-state index in [4.69, 9.17) is 0 Å². The minimum Gasteiger partial charge on any atom is -0.312 e. The van der Waals surface area contributed by atoms with E-state index in [0.29, 0.717) is 30.4 Å². The number of rotatable bonds is 9. The average molecular weight is 333 g/mol. The van der Waals surface area contributed by atoms with Crippen molar-refractivity contribution in [1.29, 1.82) is 0 Å². The van der Waals surface area contributed by atoms with Gasteiger partial charge in [-0.3, -0.25) is 0 Å². The second-order valence-corrected chi connectivity index (χ2v) is 8.26. The van der Waals surface area contributed by atoms with Gasteiger partial charge in [0.15, 0.2) is 0 Å². The lowest BCUT2D eigenvalue weighted by atomic mass is 10.1. The number of hydrogen-bond acceptors (Lipinski definition) is 4. The Morgan fingerprint density at radius 3 is 2.52 bits per heavy atom. The summed E-state index contributed by atoms with van der Waals surface area (Å²) in [5, 5.41) is 5.17. The van der Waals surface area contributed by atoms with E-state index in [-0.39, 0.29) is 0 Å². The zero-order valence-electron chi connectivity index (χ0n) is 13.8. The van der Waals surface area contributed by atoms with Crippen LogP contribution in [0.15, 0.2) is 10.3 Å². The molecule has 1 rings (SSSR count). The molecule has 1 unspecified atom stereocenters. The maximum Gasteiger partial charge on any atom is 0.244 e. The number of aryl methyl sites for hydroxylation is 1. The van der Waals surface area contributed by atoms with Gasteiger partial charge < -0.3 is 5.32 Å². The highest BCUT2D eigenvalue weighted by Gasteiger charge is 2.29. The van der Waals surface area contributed by atoms with Crippen molar-refractivity contribution in [2.75, 3.05) is 19.6 Å². The van der Waals surface area contributed by atoms with Gasteiger partial charge in [-0.15, -0.1) is 11.3 Å². The molecule has 4 nitrogen and oxygen atoms in total. The van der Waals surface area contributed by atoms with Crippen molar-refractivity contribution in [3.8, 4) is 0 Å². The Balaban J connectivity index is 3.13. The van der Waals surface area contributed by atoms with Gasteiger partial charge in [0.25, 0.3) is 0 Å². The fourth-order valence-electron chi connectivity index (χ4n) is 2.20. The maximum atomic E-state index is 13.0. The normalized spacial score (nSPS) is 13.8. The highest BCUT2D eigenvalue weighted by Crippen LogP contribution is 2.30. The fraction of sp³-hybridized carbons (Fsp3) is 0.733. The number of nitrogens with zero attached hydrogens (tertiary/aromatic N) is 1. The standard InChI is InChI=1S/C15H28N2O2S2/c1-6-12(4)10-17(8-3)21(18,19)15-13(5)11-20-14(15)9-16-7-2/h11-12,16H,6-10H2,1-5H3. The number of hydrogen-bond donors (Lipinski definition) is 1. The second kappa shape index (κ2) is 8.27. The molecule has 0 bridgehead atoms. The Labute approximate surface area is 133 Å². The molecule has 1 aromatic rings. The van der Waals surface area contributed by atoms with Gasteiger partial charge in [0.05, 0.1) is 0 Å². The first-order chi connectivity index (χ1) is 9.88. The van der Waals surface area contributed by atoms with Gasteiger partial charge in [-0.2, -0.15) is 4.31 Å². The summed E-state index contributed by atoms with van der Waals surface area (Å²) in [6, 6.07) is 0. The Bertz CT molecular complexity index is 538. The van der Waals surface area contributed by atoms with Crippen molar-refractivity contribution in [3.63, 3.8) is 0 Å². The molecular weight excluding hydrogens is 304 g/mol. The lowest BCUT2D eigenvalue weighted by Crippen LogP contribution is -2.35. The zero-order chi connectivity index (χ0) is 16.0. The molecule has 0 amide bonds. The highest BCUT2D eigenvalue weighted by atomic mass is 32.2. The van der Waals surface area contributed by atoms with Crippen LogP contribution in [-0.4, -0.2) is 32.4 Å². The van der Waals surface area contributed by atoms with Crippen LogP contribution in [0, 0.1) is 12.8 Å². The second-order valence-electron chi connectivity index (χ2n) is 5.42. The Hall–Kier alpha value is -0.430. The smallest absolute Gasteiger partial charge is 0.244 e. The predicted molar refractivity (Wildman–Crippen MR) is 90.3 cm³/mol. The third kappa shape index (κ3) is 4.52. The average Bonchev–Trinajstić information content (AvgIpc) is 2.83. The van der Waals surface area contributed by atoms with Crippen LogP contribution in [0.5, 0.6) is 0 Å². The molecule has 0 saturated heterocycles. The summed E-state index contributed by atoms with van der Waals surface area (Å²) < 4.78 is 27.6. The van der Waals surface area contributed by atoms with Crippen LogP contribution in [0.4, 0.5) is 0 Å². The molecule has 21 heavy (non-hydrogen) atoms. The molecule has 0 radical (unpaired) electrons. The predicted octanol–water partition coefficient (Wildman–Crippen LogP) is 3.22. The topological polar surface area (TPSA) is 49.4 Å². The monoisotopic (exact) mass is 332 g/mol. The van der Waals surface area contributed by atoms with E-state index in [1.165, 1.54) is 11.3 Å². The largest absolute Gasteiger partial charge is 0.312 e. The zero-order valence-corrected chi connectivity index (χ0v) is 15.4. The Morgan fingerprint density at radius 1 is 1.33 bits per heavy atom. The third-order valence-corrected chi connectivity index (χ3v) is 7.09. The first kappa shape index (κ1) is 18.6. The molecule has 0 fully saturated rings. The molecule has 1 heterocycles. The summed E-state index contributed by atoms with van der Waals surface area (Å²) >= 11 is 1.53. The first-order valence-corrected chi connectivity index (χ1v) is 9.98. The van der Waals surface area contributed by atoms with E-state index in [2.05, 4.69) is 19.2 Å². The minimum atomic E-state index is -3.40. The van der Waals surface area contributed by atoms with Crippen molar-refractivity contribution < 1.29 is 8.42 Å². The van der Waals surface area contributed by atoms with Gasteiger partial charge in [-0.25, -0.2) is 8.42 Å². The van der Waals surface area contributed by atoms with Crippen molar-refractivity contribution in [2.45, 2.75) is 52.5 Å². The lowest BCUT2D eigenvalue weighted by Gasteiger charge is -2.24. The summed E-state index contributed by atoms with van der Waals surface area (Å²) in [4.78, 5) is 1.43. The molecule has 1 N–H and O–H groups in total. The molecule has 0 saturated carbocycles. The van der Waals surface area contributed by atoms with Crippen molar-refractivity contribution in [1.82, 2.24) is 9.62 Å². The SMILES string of the molecule is CCNCc1scc(C)c1S(=O)(=O)N(CC)CC(C)CC. The van der Waals surface area contributed by atoms with Crippen LogP contribution in [0.25, 0.3) is 0 Å². The van der Waals surface area contributed by atoms with Crippen LogP contribution in [-0.2, 0) is 16.6 Å². The van der Waals surface area contributed by atoms with Gasteiger partial charge >= 0.3 is 0 Å². The highest BCUT2D eigenvalue weighted by molar-refractivity contribution is 7.89. The van der Waals surface area contributed by atoms with Gasteiger partial charge in [-0.05, 0) is 30.3 Å². The van der Waals surface area contributed by atoms with Gasteiger partial charge in [0.2, 0.25) is 10.0 Å². The van der Waals surface area contributed by atoms with Crippen LogP contribution >= 0.6 is 11.3 Å². The van der Waals surface area contributed by atoms with Crippen molar-refractivity contribution in [3.05, 3.63) is 15.8 Å². The van der Waals surface area contributed by atoms with Gasteiger partial charge in [0.1, 0.15) is 4.90 Å². The summed E-state index contributed by atoms with van der Waals surface area (Å²) in [7, 11) is -3.40. The minimum absolute atomic E-state index is 0.371. The molecule has 0 aliphatic rings. The van der Waals surface area contributed by atoms with E-state index < -0.39 is 10.0 Å². The fourth-order valence-corrected chi connectivity index (χ4v) is 5.50. The summed E-state index contributed by atoms with van der Waals surface area (Å²) in [5.41, 5.74) is 0.857. The summed E-state index contributed by atoms with van der Waals surface area (Å²) in [5.74, 6) is 0.371. The third-order valence-electron chi connectivity index (χ3n) is 3.69. The van der Waals surface area contributed by atoms with Crippen molar-refractivity contribution >= 4 is 21.4 Å². The summed E-state index contributed by atoms with van der Waals surface area (Å²) in [6.45, 7) is 12.6. The van der Waals surface area contributed by atoms with Crippen molar-refractivity contribution in [2.24, 2.45) is 5.92 Å². The van der Waals surface area contributed by atoms with Crippen LogP contribution in [0.2, 0.25) is 0 Å². The van der Waals surface area contributed by atoms with E-state index in [0.717, 1.165) is 23.4 Å². The quantitative estimate of drug-likeness (QED) is 0.755. The van der Waals surface area contributed by atoms with E-state index in [9.17, 15) is 8.42 Å². The maximum absolute atomic E-state index is 13.0. The van der Waals surface area contributed by atoms with E-state index in [1.54, 1.807) is 4.31 Å². The number of sulfonamides is 1. The molecule has 0 aliphatic carbocycles. The van der Waals surface area contributed by atoms with Crippen LogP contribution < -0.4 is 5.32 Å². The summed E-state index contributed by atoms with van der Waals surface area (Å²) in [6.07, 6.45) is 0.985. The van der Waals surface area contributed by atoms with Crippen LogP contribution in [0.1, 0.15) is 44.6 Å². The first-order valence-electron chi connectivity index (χ1n) is 7.66. The molecule has 6 heteroatoms. The van der Waals surface area contributed by atoms with E-state index >= 15 is 0 Å².